The molecular formula is C15H19ClN2O3. The van der Waals surface area contributed by atoms with Crippen molar-refractivity contribution in [3.8, 4) is 0 Å². The number of carbonyl (C=O) groups excluding carboxylic acids is 2. The lowest BCUT2D eigenvalue weighted by Crippen LogP contribution is -2.37. The minimum absolute atomic E-state index is 0.0460. The number of nitrogens with zero attached hydrogens (tertiary/aromatic N) is 1. The number of rotatable bonds is 5. The molecule has 1 atom stereocenters. The molecule has 1 aromatic carbocycles. The monoisotopic (exact) mass is 310 g/mol. The number of halogens is 1. The second kappa shape index (κ2) is 6.91. The fourth-order valence-corrected chi connectivity index (χ4v) is 2.46. The second-order valence-electron chi connectivity index (χ2n) is 5.17. The van der Waals surface area contributed by atoms with Gasteiger partial charge in [-0.15, -0.1) is 0 Å². The Bertz CT molecular complexity index is 548. The molecule has 2 amide bonds. The van der Waals surface area contributed by atoms with Crippen molar-refractivity contribution in [2.75, 3.05) is 26.8 Å². The Balaban J connectivity index is 1.94. The van der Waals surface area contributed by atoms with E-state index in [4.69, 9.17) is 16.3 Å². The standard InChI is InChI=1S/C15H19ClN2O3/c1-10-7-11(3-4-13(10)16)15(20)17-12-8-14(19)18(9-12)5-6-21-2/h3-4,7,12H,5-6,8-9H2,1-2H3,(H,17,20). The molecule has 1 unspecified atom stereocenters. The van der Waals surface area contributed by atoms with Gasteiger partial charge in [-0.2, -0.15) is 0 Å². The predicted molar refractivity (Wildman–Crippen MR) is 80.5 cm³/mol. The maximum absolute atomic E-state index is 12.2. The number of aryl methyl sites for hydroxylation is 1. The summed E-state index contributed by atoms with van der Waals surface area (Å²) in [4.78, 5) is 25.7. The molecule has 1 aliphatic rings. The van der Waals surface area contributed by atoms with Crippen LogP contribution < -0.4 is 5.32 Å². The van der Waals surface area contributed by atoms with Crippen LogP contribution in [-0.4, -0.2) is 49.6 Å². The number of amides is 2. The Labute approximate surface area is 129 Å². The molecule has 0 bridgehead atoms. The normalized spacial score (nSPS) is 18.1. The lowest BCUT2D eigenvalue weighted by molar-refractivity contribution is -0.128. The smallest absolute Gasteiger partial charge is 0.251 e. The fraction of sp³-hybridized carbons (Fsp3) is 0.467. The molecule has 21 heavy (non-hydrogen) atoms. The molecule has 1 N–H and O–H groups in total. The van der Waals surface area contributed by atoms with Crippen LogP contribution in [0.1, 0.15) is 22.3 Å². The zero-order valence-corrected chi connectivity index (χ0v) is 12.9. The second-order valence-corrected chi connectivity index (χ2v) is 5.58. The van der Waals surface area contributed by atoms with E-state index in [9.17, 15) is 9.59 Å². The van der Waals surface area contributed by atoms with Gasteiger partial charge in [0.05, 0.1) is 12.6 Å². The molecule has 0 spiro atoms. The molecular weight excluding hydrogens is 292 g/mol. The first kappa shape index (κ1) is 15.8. The summed E-state index contributed by atoms with van der Waals surface area (Å²) >= 11 is 5.95. The molecule has 0 aromatic heterocycles. The van der Waals surface area contributed by atoms with Gasteiger partial charge in [0.2, 0.25) is 5.91 Å². The Morgan fingerprint density at radius 2 is 2.29 bits per heavy atom. The zero-order chi connectivity index (χ0) is 15.4. The highest BCUT2D eigenvalue weighted by atomic mass is 35.5. The molecule has 1 heterocycles. The summed E-state index contributed by atoms with van der Waals surface area (Å²) in [6.07, 6.45) is 0.335. The first-order valence-corrected chi connectivity index (χ1v) is 7.22. The van der Waals surface area contributed by atoms with Crippen LogP contribution >= 0.6 is 11.6 Å². The summed E-state index contributed by atoms with van der Waals surface area (Å²) in [5, 5.41) is 3.53. The maximum atomic E-state index is 12.2. The average molecular weight is 311 g/mol. The van der Waals surface area contributed by atoms with E-state index in [-0.39, 0.29) is 17.9 Å². The van der Waals surface area contributed by atoms with E-state index in [1.54, 1.807) is 30.2 Å². The number of hydrogen-bond donors (Lipinski definition) is 1. The van der Waals surface area contributed by atoms with Gasteiger partial charge in [0.15, 0.2) is 0 Å². The largest absolute Gasteiger partial charge is 0.383 e. The predicted octanol–water partition coefficient (Wildman–Crippen LogP) is 1.63. The van der Waals surface area contributed by atoms with E-state index in [1.165, 1.54) is 0 Å². The molecule has 1 aliphatic heterocycles. The van der Waals surface area contributed by atoms with Gasteiger partial charge in [-0.25, -0.2) is 0 Å². The van der Waals surface area contributed by atoms with Crippen LogP contribution in [0.15, 0.2) is 18.2 Å². The van der Waals surface area contributed by atoms with Gasteiger partial charge in [-0.05, 0) is 30.7 Å². The fourth-order valence-electron chi connectivity index (χ4n) is 2.34. The van der Waals surface area contributed by atoms with Crippen LogP contribution in [0, 0.1) is 6.92 Å². The van der Waals surface area contributed by atoms with Gasteiger partial charge in [0.25, 0.3) is 5.91 Å². The van der Waals surface area contributed by atoms with Crippen molar-refractivity contribution < 1.29 is 14.3 Å². The minimum atomic E-state index is -0.179. The van der Waals surface area contributed by atoms with E-state index in [1.807, 2.05) is 6.92 Å². The third-order valence-corrected chi connectivity index (χ3v) is 3.96. The van der Waals surface area contributed by atoms with Gasteiger partial charge in [0.1, 0.15) is 0 Å². The Morgan fingerprint density at radius 1 is 1.52 bits per heavy atom. The number of carbonyl (C=O) groups is 2. The molecule has 114 valence electrons. The third-order valence-electron chi connectivity index (χ3n) is 3.54. The molecule has 1 aromatic rings. The summed E-state index contributed by atoms with van der Waals surface area (Å²) in [5.74, 6) is -0.134. The lowest BCUT2D eigenvalue weighted by atomic mass is 10.1. The first-order chi connectivity index (χ1) is 10.0. The van der Waals surface area contributed by atoms with Crippen molar-refractivity contribution in [2.45, 2.75) is 19.4 Å². The molecule has 5 nitrogen and oxygen atoms in total. The number of hydrogen-bond acceptors (Lipinski definition) is 3. The van der Waals surface area contributed by atoms with Crippen LogP contribution in [0.3, 0.4) is 0 Å². The lowest BCUT2D eigenvalue weighted by Gasteiger charge is -2.16. The summed E-state index contributed by atoms with van der Waals surface area (Å²) in [5.41, 5.74) is 1.41. The molecule has 2 rings (SSSR count). The van der Waals surface area contributed by atoms with Gasteiger partial charge >= 0.3 is 0 Å². The van der Waals surface area contributed by atoms with E-state index in [0.29, 0.717) is 36.7 Å². The van der Waals surface area contributed by atoms with Crippen molar-refractivity contribution in [1.82, 2.24) is 10.2 Å². The van der Waals surface area contributed by atoms with Crippen molar-refractivity contribution in [1.29, 1.82) is 0 Å². The molecule has 1 fully saturated rings. The average Bonchev–Trinajstić information content (AvgIpc) is 2.79. The molecule has 6 heteroatoms. The van der Waals surface area contributed by atoms with E-state index < -0.39 is 0 Å². The van der Waals surface area contributed by atoms with Crippen LogP contribution in [0.25, 0.3) is 0 Å². The topological polar surface area (TPSA) is 58.6 Å². The summed E-state index contributed by atoms with van der Waals surface area (Å²) in [7, 11) is 1.60. The quantitative estimate of drug-likeness (QED) is 0.899. The highest BCUT2D eigenvalue weighted by Gasteiger charge is 2.30. The van der Waals surface area contributed by atoms with Gasteiger partial charge in [0, 0.05) is 37.2 Å². The van der Waals surface area contributed by atoms with Crippen LogP contribution in [0.5, 0.6) is 0 Å². The Kier molecular flexibility index (Phi) is 5.20. The first-order valence-electron chi connectivity index (χ1n) is 6.85. The van der Waals surface area contributed by atoms with E-state index >= 15 is 0 Å². The van der Waals surface area contributed by atoms with Crippen molar-refractivity contribution in [3.63, 3.8) is 0 Å². The van der Waals surface area contributed by atoms with Crippen molar-refractivity contribution in [3.05, 3.63) is 34.3 Å². The van der Waals surface area contributed by atoms with Gasteiger partial charge in [-0.1, -0.05) is 11.6 Å². The minimum Gasteiger partial charge on any atom is -0.383 e. The van der Waals surface area contributed by atoms with Gasteiger partial charge < -0.3 is 15.0 Å². The zero-order valence-electron chi connectivity index (χ0n) is 12.2. The SMILES string of the molecule is COCCN1CC(NC(=O)c2ccc(Cl)c(C)c2)CC1=O. The van der Waals surface area contributed by atoms with Crippen LogP contribution in [0.4, 0.5) is 0 Å². The molecule has 0 aliphatic carbocycles. The molecule has 0 saturated carbocycles. The number of likely N-dealkylation sites (tertiary alicyclic amines) is 1. The van der Waals surface area contributed by atoms with Gasteiger partial charge in [-0.3, -0.25) is 9.59 Å². The maximum Gasteiger partial charge on any atom is 0.251 e. The highest BCUT2D eigenvalue weighted by molar-refractivity contribution is 6.31. The number of nitrogens with one attached hydrogen (secondary N) is 1. The van der Waals surface area contributed by atoms with Crippen molar-refractivity contribution >= 4 is 23.4 Å². The molecule has 0 radical (unpaired) electrons. The van der Waals surface area contributed by atoms with Crippen molar-refractivity contribution in [2.24, 2.45) is 0 Å². The van der Waals surface area contributed by atoms with Crippen LogP contribution in [-0.2, 0) is 9.53 Å². The van der Waals surface area contributed by atoms with E-state index in [0.717, 1.165) is 5.56 Å². The number of ether oxygens (including phenoxy) is 1. The number of benzene rings is 1. The summed E-state index contributed by atoms with van der Waals surface area (Å²) in [6, 6.07) is 4.98. The number of methoxy groups -OCH3 is 1. The Hall–Kier alpha value is -1.59. The summed E-state index contributed by atoms with van der Waals surface area (Å²) < 4.78 is 4.97. The Morgan fingerprint density at radius 3 is 2.95 bits per heavy atom. The highest BCUT2D eigenvalue weighted by Crippen LogP contribution is 2.17. The molecule has 1 saturated heterocycles. The van der Waals surface area contributed by atoms with E-state index in [2.05, 4.69) is 5.32 Å². The summed E-state index contributed by atoms with van der Waals surface area (Å²) in [6.45, 7) is 3.44. The third kappa shape index (κ3) is 3.95. The van der Waals surface area contributed by atoms with Crippen LogP contribution in [0.2, 0.25) is 5.02 Å².